The maximum absolute atomic E-state index is 15.0. The maximum atomic E-state index is 15.0. The van der Waals surface area contributed by atoms with Crippen LogP contribution in [0.15, 0.2) is 12.1 Å². The Bertz CT molecular complexity index is 1100. The molecule has 4 aliphatic carbocycles. The highest BCUT2D eigenvalue weighted by atomic mass is 19.1. The third kappa shape index (κ3) is 5.67. The van der Waals surface area contributed by atoms with Crippen molar-refractivity contribution in [3.05, 3.63) is 23.5 Å². The van der Waals surface area contributed by atoms with E-state index in [4.69, 9.17) is 15.2 Å². The van der Waals surface area contributed by atoms with Crippen LogP contribution in [0.1, 0.15) is 88.4 Å². The van der Waals surface area contributed by atoms with Crippen LogP contribution in [0.3, 0.4) is 0 Å². The molecule has 1 aromatic carbocycles. The van der Waals surface area contributed by atoms with Gasteiger partial charge in [-0.3, -0.25) is 9.59 Å². The lowest BCUT2D eigenvalue weighted by Crippen LogP contribution is -2.51. The minimum absolute atomic E-state index is 0.000104. The number of nitrogens with two attached hydrogens (primary N) is 1. The van der Waals surface area contributed by atoms with E-state index < -0.39 is 12.0 Å². The van der Waals surface area contributed by atoms with Gasteiger partial charge in [0, 0.05) is 18.7 Å². The first kappa shape index (κ1) is 29.1. The summed E-state index contributed by atoms with van der Waals surface area (Å²) in [5.41, 5.74) is 8.23. The highest BCUT2D eigenvalue weighted by Gasteiger charge is 2.51. The van der Waals surface area contributed by atoms with E-state index in [1.54, 1.807) is 0 Å². The summed E-state index contributed by atoms with van der Waals surface area (Å²) in [6.45, 7) is 4.89. The minimum atomic E-state index is -0.600. The predicted octanol–water partition coefficient (Wildman–Crippen LogP) is 3.88. The number of amides is 2. The van der Waals surface area contributed by atoms with Crippen molar-refractivity contribution in [1.29, 1.82) is 0 Å². The highest BCUT2D eigenvalue weighted by molar-refractivity contribution is 5.98. The van der Waals surface area contributed by atoms with Gasteiger partial charge in [0.25, 0.3) is 5.91 Å². The van der Waals surface area contributed by atoms with Gasteiger partial charge >= 0.3 is 0 Å². The third-order valence-corrected chi connectivity index (χ3v) is 10.5. The topological polar surface area (TPSA) is 135 Å². The van der Waals surface area contributed by atoms with Crippen molar-refractivity contribution in [2.45, 2.75) is 96.4 Å². The zero-order valence-corrected chi connectivity index (χ0v) is 23.9. The molecule has 4 saturated carbocycles. The van der Waals surface area contributed by atoms with Crippen molar-refractivity contribution >= 4 is 11.8 Å². The molecule has 2 bridgehead atoms. The lowest BCUT2D eigenvalue weighted by atomic mass is 9.70. The number of halogens is 1. The lowest BCUT2D eigenvalue weighted by Gasteiger charge is -2.40. The van der Waals surface area contributed by atoms with E-state index in [-0.39, 0.29) is 69.6 Å². The largest absolute Gasteiger partial charge is 0.496 e. The Labute approximate surface area is 236 Å². The summed E-state index contributed by atoms with van der Waals surface area (Å²) in [6.07, 6.45) is 8.28. The first-order valence-corrected chi connectivity index (χ1v) is 14.8. The first-order valence-electron chi connectivity index (χ1n) is 14.8. The number of methoxy groups -OCH3 is 1. The standard InChI is InChI=1S/C30H45FN4O5/c1-29(9-4-10-29)16-33-27(37)24-17-5-6-18(13-17)25(24)34-26(36)20-14-23(21(31)15-22(20)39-3)40-19-7-11-30(2,12-8-19)28(32)35-38/h14-15,17-19,24-25,28,35,38H,4-13,16,32H2,1-3H3,(H,33,37)(H,34,36)/t17-,18+,19-,24+,25-,28-,30+/m1/s1. The number of fused-ring (bicyclic) bond motifs is 2. The fourth-order valence-electron chi connectivity index (χ4n) is 7.47. The quantitative estimate of drug-likeness (QED) is 0.217. The van der Waals surface area contributed by atoms with Crippen molar-refractivity contribution < 1.29 is 28.7 Å². The number of nitrogens with one attached hydrogen (secondary N) is 3. The molecule has 0 spiro atoms. The molecule has 0 aliphatic heterocycles. The van der Waals surface area contributed by atoms with Crippen LogP contribution in [-0.4, -0.2) is 49.0 Å². The number of ether oxygens (including phenoxy) is 2. The molecule has 5 rings (SSSR count). The molecule has 6 N–H and O–H groups in total. The molecular formula is C30H45FN4O5. The van der Waals surface area contributed by atoms with Gasteiger partial charge in [0.1, 0.15) is 5.75 Å². The Morgan fingerprint density at radius 1 is 1.10 bits per heavy atom. The average molecular weight is 561 g/mol. The van der Waals surface area contributed by atoms with Gasteiger partial charge in [-0.25, -0.2) is 4.39 Å². The first-order chi connectivity index (χ1) is 19.1. The van der Waals surface area contributed by atoms with E-state index in [0.717, 1.165) is 32.1 Å². The summed E-state index contributed by atoms with van der Waals surface area (Å²) in [4.78, 5) is 26.9. The number of hydrogen-bond acceptors (Lipinski definition) is 7. The van der Waals surface area contributed by atoms with E-state index in [1.807, 2.05) is 6.92 Å². The molecule has 0 aromatic heterocycles. The normalized spacial score (nSPS) is 33.1. The number of carbonyl (C=O) groups excluding carboxylic acids is 2. The molecule has 5 atom stereocenters. The van der Waals surface area contributed by atoms with Crippen molar-refractivity contribution in [1.82, 2.24) is 16.1 Å². The second-order valence-corrected chi connectivity index (χ2v) is 13.3. The minimum Gasteiger partial charge on any atom is -0.496 e. The highest BCUT2D eigenvalue weighted by Crippen LogP contribution is 2.49. The van der Waals surface area contributed by atoms with Crippen LogP contribution in [0.2, 0.25) is 0 Å². The van der Waals surface area contributed by atoms with Gasteiger partial charge in [-0.1, -0.05) is 20.3 Å². The second-order valence-electron chi connectivity index (χ2n) is 13.3. The summed E-state index contributed by atoms with van der Waals surface area (Å²) in [5, 5.41) is 15.6. The molecule has 0 radical (unpaired) electrons. The van der Waals surface area contributed by atoms with E-state index >= 15 is 4.39 Å². The summed E-state index contributed by atoms with van der Waals surface area (Å²) >= 11 is 0. The molecule has 9 nitrogen and oxygen atoms in total. The van der Waals surface area contributed by atoms with Gasteiger partial charge in [0.05, 0.1) is 30.9 Å². The third-order valence-electron chi connectivity index (χ3n) is 10.5. The van der Waals surface area contributed by atoms with Crippen LogP contribution in [0, 0.1) is 34.4 Å². The number of rotatable bonds is 10. The van der Waals surface area contributed by atoms with Crippen molar-refractivity contribution in [2.24, 2.45) is 34.3 Å². The van der Waals surface area contributed by atoms with Gasteiger partial charge in [-0.15, -0.1) is 0 Å². The van der Waals surface area contributed by atoms with Gasteiger partial charge in [-0.05, 0) is 86.5 Å². The lowest BCUT2D eigenvalue weighted by molar-refractivity contribution is -0.128. The van der Waals surface area contributed by atoms with Crippen LogP contribution in [-0.2, 0) is 4.79 Å². The van der Waals surface area contributed by atoms with Crippen LogP contribution in [0.25, 0.3) is 0 Å². The molecule has 0 heterocycles. The average Bonchev–Trinajstić information content (AvgIpc) is 3.54. The van der Waals surface area contributed by atoms with E-state index in [0.29, 0.717) is 32.2 Å². The fourth-order valence-corrected chi connectivity index (χ4v) is 7.47. The molecule has 10 heteroatoms. The number of benzene rings is 1. The number of hydrogen-bond donors (Lipinski definition) is 5. The Morgan fingerprint density at radius 2 is 1.80 bits per heavy atom. The summed E-state index contributed by atoms with van der Waals surface area (Å²) in [5.74, 6) is -0.574. The van der Waals surface area contributed by atoms with Crippen molar-refractivity contribution in [3.63, 3.8) is 0 Å². The molecule has 1 aromatic rings. The molecule has 40 heavy (non-hydrogen) atoms. The van der Waals surface area contributed by atoms with Crippen molar-refractivity contribution in [3.8, 4) is 11.5 Å². The molecule has 222 valence electrons. The van der Waals surface area contributed by atoms with Crippen LogP contribution in [0.4, 0.5) is 4.39 Å². The second kappa shape index (κ2) is 11.4. The zero-order valence-electron chi connectivity index (χ0n) is 23.9. The monoisotopic (exact) mass is 560 g/mol. The van der Waals surface area contributed by atoms with Gasteiger partial charge in [0.2, 0.25) is 5.91 Å². The molecule has 0 unspecified atom stereocenters. The summed E-state index contributed by atoms with van der Waals surface area (Å²) in [7, 11) is 1.40. The van der Waals surface area contributed by atoms with Gasteiger partial charge in [0.15, 0.2) is 11.6 Å². The number of carbonyl (C=O) groups is 2. The Hall–Kier alpha value is -2.43. The summed E-state index contributed by atoms with van der Waals surface area (Å²) < 4.78 is 26.4. The van der Waals surface area contributed by atoms with Crippen LogP contribution < -0.4 is 31.3 Å². The van der Waals surface area contributed by atoms with E-state index in [2.05, 4.69) is 23.0 Å². The Kier molecular flexibility index (Phi) is 8.32. The van der Waals surface area contributed by atoms with E-state index in [1.165, 1.54) is 25.7 Å². The van der Waals surface area contributed by atoms with E-state index in [9.17, 15) is 14.8 Å². The molecule has 4 fully saturated rings. The Balaban J connectivity index is 1.27. The van der Waals surface area contributed by atoms with Crippen LogP contribution in [0.5, 0.6) is 11.5 Å². The van der Waals surface area contributed by atoms with Gasteiger partial charge in [-0.2, -0.15) is 5.48 Å². The smallest absolute Gasteiger partial charge is 0.255 e. The SMILES string of the molecule is COc1cc(F)c(O[C@H]2CC[C@@](C)([C@H](N)NO)CC2)cc1C(=O)N[C@@H]1[C@H]2CC[C@H](C2)[C@@H]1C(=O)NCC1(C)CCC1. The molecule has 4 aliphatic rings. The molecule has 2 amide bonds. The summed E-state index contributed by atoms with van der Waals surface area (Å²) in [6, 6.07) is 2.34. The molecule has 0 saturated heterocycles. The maximum Gasteiger partial charge on any atom is 0.255 e. The number of hydroxylamine groups is 1. The van der Waals surface area contributed by atoms with Gasteiger partial charge < -0.3 is 31.0 Å². The Morgan fingerprint density at radius 3 is 2.42 bits per heavy atom. The zero-order chi connectivity index (χ0) is 28.7. The van der Waals surface area contributed by atoms with Crippen LogP contribution >= 0.6 is 0 Å². The molecular weight excluding hydrogens is 515 g/mol. The predicted molar refractivity (Wildman–Crippen MR) is 147 cm³/mol. The van der Waals surface area contributed by atoms with Crippen molar-refractivity contribution in [2.75, 3.05) is 13.7 Å². The fraction of sp³-hybridized carbons (Fsp3) is 0.733.